The van der Waals surface area contributed by atoms with Crippen molar-refractivity contribution >= 4 is 35.1 Å². The Hall–Kier alpha value is -1.67. The zero-order valence-corrected chi connectivity index (χ0v) is 13.5. The smallest absolute Gasteiger partial charge is 0.231 e. The van der Waals surface area contributed by atoms with Gasteiger partial charge < -0.3 is 20.8 Å². The number of hydrogen-bond acceptors (Lipinski definition) is 7. The lowest BCUT2D eigenvalue weighted by Crippen LogP contribution is -2.34. The van der Waals surface area contributed by atoms with Gasteiger partial charge in [-0.1, -0.05) is 23.2 Å². The molecule has 2 heterocycles. The molecular weight excluding hydrogens is 341 g/mol. The molecule has 1 aromatic carbocycles. The fourth-order valence-electron chi connectivity index (χ4n) is 2.61. The summed E-state index contributed by atoms with van der Waals surface area (Å²) >= 11 is 12.2. The van der Waals surface area contributed by atoms with Crippen molar-refractivity contribution in [2.45, 2.75) is 18.6 Å². The Balaban J connectivity index is 2.04. The predicted molar refractivity (Wildman–Crippen MR) is 88.5 cm³/mol. The van der Waals surface area contributed by atoms with Crippen LogP contribution < -0.4 is 10.6 Å². The van der Waals surface area contributed by atoms with Gasteiger partial charge in [-0.05, 0) is 24.6 Å². The first-order valence-corrected chi connectivity index (χ1v) is 7.76. The molecule has 1 aliphatic heterocycles. The first-order valence-electron chi connectivity index (χ1n) is 7.00. The van der Waals surface area contributed by atoms with Gasteiger partial charge in [-0.15, -0.1) is 0 Å². The van der Waals surface area contributed by atoms with Crippen LogP contribution in [0.4, 0.5) is 11.9 Å². The molecule has 122 valence electrons. The van der Waals surface area contributed by atoms with Crippen LogP contribution in [0.5, 0.6) is 0 Å². The maximum absolute atomic E-state index is 9.80. The fraction of sp³-hybridized carbons (Fsp3) is 0.357. The lowest BCUT2D eigenvalue weighted by molar-refractivity contribution is 0.184. The Kier molecular flexibility index (Phi) is 4.54. The van der Waals surface area contributed by atoms with Gasteiger partial charge in [-0.2, -0.15) is 15.0 Å². The van der Waals surface area contributed by atoms with Gasteiger partial charge in [0.1, 0.15) is 0 Å². The van der Waals surface area contributed by atoms with Crippen LogP contribution in [-0.2, 0) is 0 Å². The highest BCUT2D eigenvalue weighted by Crippen LogP contribution is 2.30. The molecule has 0 unspecified atom stereocenters. The third-order valence-corrected chi connectivity index (χ3v) is 4.23. The van der Waals surface area contributed by atoms with Crippen molar-refractivity contribution in [1.82, 2.24) is 15.0 Å². The molecule has 0 amide bonds. The van der Waals surface area contributed by atoms with E-state index < -0.39 is 6.10 Å². The van der Waals surface area contributed by atoms with Crippen molar-refractivity contribution < 1.29 is 10.2 Å². The number of aromatic nitrogens is 3. The molecule has 2 aromatic rings. The van der Waals surface area contributed by atoms with Crippen LogP contribution in [0.3, 0.4) is 0 Å². The third-order valence-electron chi connectivity index (χ3n) is 3.67. The molecule has 23 heavy (non-hydrogen) atoms. The minimum absolute atomic E-state index is 0.0270. The van der Waals surface area contributed by atoms with E-state index in [2.05, 4.69) is 15.0 Å². The van der Waals surface area contributed by atoms with E-state index in [1.165, 1.54) is 0 Å². The van der Waals surface area contributed by atoms with Crippen LogP contribution in [0.1, 0.15) is 6.42 Å². The molecule has 9 heteroatoms. The summed E-state index contributed by atoms with van der Waals surface area (Å²) in [6.07, 6.45) is -0.113. The lowest BCUT2D eigenvalue weighted by Gasteiger charge is -2.23. The highest BCUT2D eigenvalue weighted by molar-refractivity contribution is 6.35. The lowest BCUT2D eigenvalue weighted by atomic mass is 10.2. The minimum Gasteiger partial charge on any atom is -0.394 e. The molecule has 1 aromatic heterocycles. The molecule has 2 atom stereocenters. The van der Waals surface area contributed by atoms with E-state index in [0.29, 0.717) is 34.5 Å². The van der Waals surface area contributed by atoms with Crippen LogP contribution >= 0.6 is 23.2 Å². The number of aliphatic hydroxyl groups excluding tert-OH is 2. The predicted octanol–water partition coefficient (Wildman–Crippen LogP) is 1.36. The summed E-state index contributed by atoms with van der Waals surface area (Å²) in [5.74, 6) is 0.608. The maximum Gasteiger partial charge on any atom is 0.231 e. The van der Waals surface area contributed by atoms with Crippen molar-refractivity contribution in [3.63, 3.8) is 0 Å². The van der Waals surface area contributed by atoms with Gasteiger partial charge in [0.15, 0.2) is 5.82 Å². The van der Waals surface area contributed by atoms with Gasteiger partial charge >= 0.3 is 0 Å². The molecule has 7 nitrogen and oxygen atoms in total. The zero-order valence-electron chi connectivity index (χ0n) is 12.0. The molecule has 0 radical (unpaired) electrons. The standard InChI is InChI=1S/C14H15Cl2N5O2/c15-7-1-2-11(16)10(3-7)12-18-13(17)20-14(19-12)21-5-9(23)4-8(21)6-22/h1-3,8-9,22-23H,4-6H2,(H2,17,18,19,20)/t8-,9+/m0/s1. The number of β-amino-alcohol motifs (C(OH)–C–C–N with tert-alkyl or cyclic N) is 1. The molecular formula is C14H15Cl2N5O2. The van der Waals surface area contributed by atoms with E-state index in [4.69, 9.17) is 28.9 Å². The topological polar surface area (TPSA) is 108 Å². The number of nitrogens with two attached hydrogens (primary N) is 1. The SMILES string of the molecule is Nc1nc(-c2cc(Cl)ccc2Cl)nc(N2C[C@H](O)C[C@H]2CO)n1. The van der Waals surface area contributed by atoms with Gasteiger partial charge in [-0.25, -0.2) is 0 Å². The van der Waals surface area contributed by atoms with E-state index in [-0.39, 0.29) is 24.4 Å². The molecule has 4 N–H and O–H groups in total. The van der Waals surface area contributed by atoms with Crippen LogP contribution in [0, 0.1) is 0 Å². The van der Waals surface area contributed by atoms with Crippen molar-refractivity contribution in [2.75, 3.05) is 23.8 Å². The summed E-state index contributed by atoms with van der Waals surface area (Å²) in [5, 5.41) is 20.2. The number of anilines is 2. The second kappa shape index (κ2) is 6.45. The second-order valence-corrected chi connectivity index (χ2v) is 6.16. The first-order chi connectivity index (χ1) is 11.0. The Bertz CT molecular complexity index is 730. The number of nitrogens with zero attached hydrogens (tertiary/aromatic N) is 4. The largest absolute Gasteiger partial charge is 0.394 e. The summed E-state index contributed by atoms with van der Waals surface area (Å²) in [4.78, 5) is 14.3. The molecule has 0 spiro atoms. The number of hydrogen-bond donors (Lipinski definition) is 3. The number of halogens is 2. The Morgan fingerprint density at radius 2 is 2.04 bits per heavy atom. The molecule has 1 saturated heterocycles. The van der Waals surface area contributed by atoms with E-state index in [9.17, 15) is 10.2 Å². The fourth-order valence-corrected chi connectivity index (χ4v) is 2.98. The van der Waals surface area contributed by atoms with Gasteiger partial charge in [0.25, 0.3) is 0 Å². The molecule has 1 fully saturated rings. The van der Waals surface area contributed by atoms with Crippen molar-refractivity contribution in [1.29, 1.82) is 0 Å². The first kappa shape index (κ1) is 16.2. The summed E-state index contributed by atoms with van der Waals surface area (Å²) in [6.45, 7) is 0.202. The molecule has 0 saturated carbocycles. The van der Waals surface area contributed by atoms with E-state index in [1.807, 2.05) is 0 Å². The van der Waals surface area contributed by atoms with Crippen molar-refractivity contribution in [3.8, 4) is 11.4 Å². The molecule has 1 aliphatic rings. The Morgan fingerprint density at radius 1 is 1.26 bits per heavy atom. The average Bonchev–Trinajstić information content (AvgIpc) is 2.90. The maximum atomic E-state index is 9.80. The highest BCUT2D eigenvalue weighted by atomic mass is 35.5. The van der Waals surface area contributed by atoms with Crippen LogP contribution in [0.25, 0.3) is 11.4 Å². The number of aliphatic hydroxyl groups is 2. The van der Waals surface area contributed by atoms with E-state index in [1.54, 1.807) is 23.1 Å². The minimum atomic E-state index is -0.552. The Labute approximate surface area is 142 Å². The molecule has 3 rings (SSSR count). The zero-order chi connectivity index (χ0) is 16.6. The van der Waals surface area contributed by atoms with Gasteiger partial charge in [-0.3, -0.25) is 0 Å². The van der Waals surface area contributed by atoms with Crippen molar-refractivity contribution in [2.24, 2.45) is 0 Å². The van der Waals surface area contributed by atoms with Gasteiger partial charge in [0, 0.05) is 17.1 Å². The van der Waals surface area contributed by atoms with Gasteiger partial charge in [0.05, 0.1) is 23.8 Å². The normalized spacial score (nSPS) is 21.0. The quantitative estimate of drug-likeness (QED) is 0.762. The van der Waals surface area contributed by atoms with Crippen LogP contribution in [0.15, 0.2) is 18.2 Å². The van der Waals surface area contributed by atoms with Crippen LogP contribution in [-0.4, -0.2) is 50.5 Å². The summed E-state index contributed by atoms with van der Waals surface area (Å²) < 4.78 is 0. The van der Waals surface area contributed by atoms with Crippen LogP contribution in [0.2, 0.25) is 10.0 Å². The molecule has 0 bridgehead atoms. The number of benzene rings is 1. The summed E-state index contributed by atoms with van der Waals surface area (Å²) in [7, 11) is 0. The summed E-state index contributed by atoms with van der Waals surface area (Å²) in [5.41, 5.74) is 6.32. The number of rotatable bonds is 3. The molecule has 0 aliphatic carbocycles. The summed E-state index contributed by atoms with van der Waals surface area (Å²) in [6, 6.07) is 4.69. The monoisotopic (exact) mass is 355 g/mol. The van der Waals surface area contributed by atoms with Gasteiger partial charge in [0.2, 0.25) is 11.9 Å². The third kappa shape index (κ3) is 3.32. The number of nitrogen functional groups attached to an aromatic ring is 1. The highest BCUT2D eigenvalue weighted by Gasteiger charge is 2.32. The second-order valence-electron chi connectivity index (χ2n) is 5.32. The van der Waals surface area contributed by atoms with Crippen molar-refractivity contribution in [3.05, 3.63) is 28.2 Å². The average molecular weight is 356 g/mol. The van der Waals surface area contributed by atoms with E-state index in [0.717, 1.165) is 0 Å². The van der Waals surface area contributed by atoms with E-state index >= 15 is 0 Å². The Morgan fingerprint density at radius 3 is 2.78 bits per heavy atom.